The molecule has 0 saturated heterocycles. The molecule has 0 aliphatic heterocycles. The molecule has 0 aromatic carbocycles. The number of urea groups is 1. The van der Waals surface area contributed by atoms with E-state index in [0.29, 0.717) is 19.5 Å². The summed E-state index contributed by atoms with van der Waals surface area (Å²) < 4.78 is 0. The molecule has 2 rings (SSSR count). The van der Waals surface area contributed by atoms with E-state index in [1.54, 1.807) is 6.20 Å². The van der Waals surface area contributed by atoms with Crippen LogP contribution in [-0.4, -0.2) is 39.5 Å². The number of aliphatic hydroxyl groups excluding tert-OH is 1. The Morgan fingerprint density at radius 3 is 2.78 bits per heavy atom. The Bertz CT molecular complexity index is 607. The summed E-state index contributed by atoms with van der Waals surface area (Å²) in [5, 5.41) is 22.0. The van der Waals surface area contributed by atoms with Crippen LogP contribution in [0.25, 0.3) is 0 Å². The Labute approximate surface area is 135 Å². The number of amides is 2. The molecule has 0 aliphatic carbocycles. The third kappa shape index (κ3) is 5.07. The van der Waals surface area contributed by atoms with E-state index in [2.05, 4.69) is 25.8 Å². The second kappa shape index (κ2) is 8.28. The fraction of sp³-hybridized carbons (Fsp3) is 0.438. The van der Waals surface area contributed by atoms with Gasteiger partial charge in [-0.15, -0.1) is 0 Å². The lowest BCUT2D eigenvalue weighted by molar-refractivity contribution is 0.213. The number of carbonyl (C=O) groups excluding carboxylic acids is 1. The molecular formula is C16H23N5O2. The van der Waals surface area contributed by atoms with Crippen molar-refractivity contribution in [3.05, 3.63) is 47.0 Å². The van der Waals surface area contributed by atoms with E-state index >= 15 is 0 Å². The van der Waals surface area contributed by atoms with E-state index in [9.17, 15) is 9.90 Å². The Hall–Kier alpha value is -2.41. The fourth-order valence-electron chi connectivity index (χ4n) is 2.32. The highest BCUT2D eigenvalue weighted by Gasteiger charge is 2.12. The van der Waals surface area contributed by atoms with E-state index in [0.717, 1.165) is 22.6 Å². The molecule has 2 aromatic heterocycles. The van der Waals surface area contributed by atoms with Crippen LogP contribution in [0.2, 0.25) is 0 Å². The van der Waals surface area contributed by atoms with E-state index < -0.39 is 0 Å². The Morgan fingerprint density at radius 1 is 1.35 bits per heavy atom. The number of H-pyrrole nitrogens is 1. The average Bonchev–Trinajstić information content (AvgIpc) is 2.88. The number of nitrogens with zero attached hydrogens (tertiary/aromatic N) is 2. The third-order valence-corrected chi connectivity index (χ3v) is 3.74. The highest BCUT2D eigenvalue weighted by atomic mass is 16.3. The summed E-state index contributed by atoms with van der Waals surface area (Å²) >= 11 is 0. The van der Waals surface area contributed by atoms with Crippen molar-refractivity contribution in [2.75, 3.05) is 13.2 Å². The topological polar surface area (TPSA) is 103 Å². The first-order valence-corrected chi connectivity index (χ1v) is 7.63. The second-order valence-corrected chi connectivity index (χ2v) is 5.55. The molecule has 2 aromatic rings. The molecule has 0 aliphatic rings. The van der Waals surface area contributed by atoms with Crippen LogP contribution in [0, 0.1) is 19.8 Å². The normalized spacial score (nSPS) is 12.0. The maximum absolute atomic E-state index is 11.9. The van der Waals surface area contributed by atoms with Crippen molar-refractivity contribution in [3.8, 4) is 0 Å². The molecule has 23 heavy (non-hydrogen) atoms. The molecule has 1 atom stereocenters. The first-order chi connectivity index (χ1) is 11.1. The number of nitrogens with one attached hydrogen (secondary N) is 3. The van der Waals surface area contributed by atoms with E-state index in [1.807, 2.05) is 32.0 Å². The van der Waals surface area contributed by atoms with Crippen LogP contribution in [-0.2, 0) is 13.0 Å². The summed E-state index contributed by atoms with van der Waals surface area (Å²) in [6.45, 7) is 4.62. The van der Waals surface area contributed by atoms with Crippen molar-refractivity contribution >= 4 is 6.03 Å². The molecule has 0 spiro atoms. The van der Waals surface area contributed by atoms with Crippen LogP contribution < -0.4 is 10.6 Å². The summed E-state index contributed by atoms with van der Waals surface area (Å²) in [5.74, 6) is -0.0620. The summed E-state index contributed by atoms with van der Waals surface area (Å²) in [4.78, 5) is 16.1. The molecular weight excluding hydrogens is 294 g/mol. The van der Waals surface area contributed by atoms with Gasteiger partial charge in [0, 0.05) is 48.8 Å². The lowest BCUT2D eigenvalue weighted by Gasteiger charge is -2.15. The largest absolute Gasteiger partial charge is 0.396 e. The monoisotopic (exact) mass is 317 g/mol. The number of aromatic amines is 1. The smallest absolute Gasteiger partial charge is 0.315 e. The number of aryl methyl sites for hydroxylation is 2. The lowest BCUT2D eigenvalue weighted by Crippen LogP contribution is -2.39. The predicted molar refractivity (Wildman–Crippen MR) is 86.8 cm³/mol. The molecule has 0 fully saturated rings. The maximum atomic E-state index is 11.9. The molecule has 0 bridgehead atoms. The van der Waals surface area contributed by atoms with Gasteiger partial charge in [-0.25, -0.2) is 4.79 Å². The number of pyridine rings is 1. The van der Waals surface area contributed by atoms with Crippen LogP contribution >= 0.6 is 0 Å². The minimum Gasteiger partial charge on any atom is -0.396 e. The summed E-state index contributed by atoms with van der Waals surface area (Å²) in [6.07, 6.45) is 2.34. The maximum Gasteiger partial charge on any atom is 0.315 e. The molecule has 7 heteroatoms. The number of hydrogen-bond acceptors (Lipinski definition) is 4. The van der Waals surface area contributed by atoms with E-state index in [-0.39, 0.29) is 18.6 Å². The van der Waals surface area contributed by atoms with Gasteiger partial charge in [0.1, 0.15) is 0 Å². The number of hydrogen-bond donors (Lipinski definition) is 4. The molecule has 4 N–H and O–H groups in total. The van der Waals surface area contributed by atoms with Gasteiger partial charge in [0.25, 0.3) is 0 Å². The number of aromatic nitrogens is 3. The second-order valence-electron chi connectivity index (χ2n) is 5.55. The zero-order valence-corrected chi connectivity index (χ0v) is 13.5. The van der Waals surface area contributed by atoms with Gasteiger partial charge in [-0.05, 0) is 32.4 Å². The standard InChI is InChI=1S/C16H23N5O2/c1-11-15(12(2)21-20-11)9-19-16(23)18-8-13(10-22)7-14-5-3-4-6-17-14/h3-6,13,22H,7-10H2,1-2H3,(H,20,21)(H2,18,19,23). The van der Waals surface area contributed by atoms with Gasteiger partial charge < -0.3 is 15.7 Å². The minimum absolute atomic E-state index is 0.00317. The van der Waals surface area contributed by atoms with Crippen LogP contribution in [0.5, 0.6) is 0 Å². The van der Waals surface area contributed by atoms with Crippen LogP contribution in [0.1, 0.15) is 22.6 Å². The molecule has 1 unspecified atom stereocenters. The first kappa shape index (κ1) is 17.0. The average molecular weight is 317 g/mol. The lowest BCUT2D eigenvalue weighted by atomic mass is 10.0. The third-order valence-electron chi connectivity index (χ3n) is 3.74. The predicted octanol–water partition coefficient (Wildman–Crippen LogP) is 1.07. The van der Waals surface area contributed by atoms with Gasteiger partial charge in [-0.3, -0.25) is 10.1 Å². The summed E-state index contributed by atoms with van der Waals surface area (Å²) in [7, 11) is 0. The Kier molecular flexibility index (Phi) is 6.10. The number of rotatable bonds is 7. The van der Waals surface area contributed by atoms with E-state index in [4.69, 9.17) is 0 Å². The fourth-order valence-corrected chi connectivity index (χ4v) is 2.32. The number of aliphatic hydroxyl groups is 1. The quantitative estimate of drug-likeness (QED) is 0.613. The summed E-state index contributed by atoms with van der Waals surface area (Å²) in [6, 6.07) is 5.41. The minimum atomic E-state index is -0.260. The van der Waals surface area contributed by atoms with Crippen molar-refractivity contribution in [1.29, 1.82) is 0 Å². The highest BCUT2D eigenvalue weighted by molar-refractivity contribution is 5.73. The van der Waals surface area contributed by atoms with Crippen molar-refractivity contribution in [3.63, 3.8) is 0 Å². The van der Waals surface area contributed by atoms with Gasteiger partial charge >= 0.3 is 6.03 Å². The molecule has 0 saturated carbocycles. The summed E-state index contributed by atoms with van der Waals surface area (Å²) in [5.41, 5.74) is 3.73. The van der Waals surface area contributed by atoms with Crippen molar-refractivity contribution in [1.82, 2.24) is 25.8 Å². The van der Waals surface area contributed by atoms with Crippen LogP contribution in [0.4, 0.5) is 4.79 Å². The first-order valence-electron chi connectivity index (χ1n) is 7.63. The van der Waals surface area contributed by atoms with Gasteiger partial charge in [0.2, 0.25) is 0 Å². The van der Waals surface area contributed by atoms with E-state index in [1.165, 1.54) is 0 Å². The molecule has 7 nitrogen and oxygen atoms in total. The molecule has 124 valence electrons. The Balaban J connectivity index is 1.76. The highest BCUT2D eigenvalue weighted by Crippen LogP contribution is 2.08. The Morgan fingerprint density at radius 2 is 2.17 bits per heavy atom. The van der Waals surface area contributed by atoms with Crippen molar-refractivity contribution in [2.45, 2.75) is 26.8 Å². The van der Waals surface area contributed by atoms with Gasteiger partial charge in [0.15, 0.2) is 0 Å². The molecule has 2 amide bonds. The van der Waals surface area contributed by atoms with Crippen molar-refractivity contribution < 1.29 is 9.90 Å². The van der Waals surface area contributed by atoms with Gasteiger partial charge in [-0.2, -0.15) is 5.10 Å². The van der Waals surface area contributed by atoms with Gasteiger partial charge in [-0.1, -0.05) is 6.07 Å². The number of carbonyl (C=O) groups is 1. The van der Waals surface area contributed by atoms with Crippen molar-refractivity contribution in [2.24, 2.45) is 5.92 Å². The van der Waals surface area contributed by atoms with Crippen LogP contribution in [0.3, 0.4) is 0 Å². The van der Waals surface area contributed by atoms with Gasteiger partial charge in [0.05, 0.1) is 5.69 Å². The zero-order valence-electron chi connectivity index (χ0n) is 13.5. The molecule has 2 heterocycles. The van der Waals surface area contributed by atoms with Crippen LogP contribution in [0.15, 0.2) is 24.4 Å². The SMILES string of the molecule is Cc1n[nH]c(C)c1CNC(=O)NCC(CO)Cc1ccccn1. The molecule has 0 radical (unpaired) electrons. The zero-order chi connectivity index (χ0) is 16.7.